The second-order valence-electron chi connectivity index (χ2n) is 7.46. The van der Waals surface area contributed by atoms with Crippen molar-refractivity contribution in [1.29, 1.82) is 0 Å². The number of fused-ring (bicyclic) bond motifs is 1. The van der Waals surface area contributed by atoms with Crippen LogP contribution in [-0.2, 0) is 11.2 Å². The third kappa shape index (κ3) is 5.54. The number of pyridine rings is 1. The van der Waals surface area contributed by atoms with Crippen molar-refractivity contribution in [1.82, 2.24) is 4.98 Å². The summed E-state index contributed by atoms with van der Waals surface area (Å²) in [4.78, 5) is 18.0. The van der Waals surface area contributed by atoms with Gasteiger partial charge in [0.25, 0.3) is 0 Å². The van der Waals surface area contributed by atoms with E-state index in [1.54, 1.807) is 6.20 Å². The summed E-state index contributed by atoms with van der Waals surface area (Å²) >= 11 is 5.00. The molecule has 29 heavy (non-hydrogen) atoms. The van der Waals surface area contributed by atoms with Crippen LogP contribution in [0.3, 0.4) is 0 Å². The molecule has 6 heteroatoms. The van der Waals surface area contributed by atoms with Crippen molar-refractivity contribution in [3.63, 3.8) is 0 Å². The lowest BCUT2D eigenvalue weighted by Gasteiger charge is -2.23. The number of anilines is 1. The molecular weight excluding hydrogens is 382 g/mol. The van der Waals surface area contributed by atoms with Crippen LogP contribution < -0.4 is 15.4 Å². The van der Waals surface area contributed by atoms with Gasteiger partial charge in [-0.2, -0.15) is 0 Å². The maximum Gasteiger partial charge on any atom is 0.128 e. The van der Waals surface area contributed by atoms with Crippen molar-refractivity contribution >= 4 is 29.3 Å². The highest BCUT2D eigenvalue weighted by atomic mass is 32.1. The fourth-order valence-corrected chi connectivity index (χ4v) is 4.03. The lowest BCUT2D eigenvalue weighted by Crippen LogP contribution is -2.27. The number of nitrogens with two attached hydrogens (primary N) is 1. The molecule has 1 heterocycles. The highest BCUT2D eigenvalue weighted by Gasteiger charge is 2.22. The van der Waals surface area contributed by atoms with Gasteiger partial charge in [0.15, 0.2) is 0 Å². The number of aryl methyl sites for hydroxylation is 1. The fraction of sp³-hybridized carbons (Fsp3) is 0.435. The van der Waals surface area contributed by atoms with Crippen molar-refractivity contribution in [2.75, 3.05) is 24.6 Å². The summed E-state index contributed by atoms with van der Waals surface area (Å²) in [6.45, 7) is 4.63. The lowest BCUT2D eigenvalue weighted by atomic mass is 9.99. The number of benzene rings is 1. The molecule has 0 unspecified atom stereocenters. The Labute approximate surface area is 178 Å². The molecule has 0 amide bonds. The number of rotatable bonds is 11. The Kier molecular flexibility index (Phi) is 7.58. The minimum absolute atomic E-state index is 0.367. The Bertz CT molecular complexity index is 839. The van der Waals surface area contributed by atoms with Crippen LogP contribution in [0, 0.1) is 0 Å². The van der Waals surface area contributed by atoms with Gasteiger partial charge in [-0.25, -0.2) is 4.98 Å². The highest BCUT2D eigenvalue weighted by Crippen LogP contribution is 2.36. The summed E-state index contributed by atoms with van der Waals surface area (Å²) < 4.78 is 5.99. The molecule has 0 fully saturated rings. The van der Waals surface area contributed by atoms with Crippen LogP contribution in [0.2, 0.25) is 0 Å². The predicted octanol–water partition coefficient (Wildman–Crippen LogP) is 4.02. The molecule has 3 rings (SSSR count). The number of hydrogen-bond acceptors (Lipinski definition) is 5. The molecule has 2 N–H and O–H groups in total. The Balaban J connectivity index is 1.51. The van der Waals surface area contributed by atoms with E-state index in [0.29, 0.717) is 23.9 Å². The van der Waals surface area contributed by atoms with Crippen LogP contribution >= 0.6 is 12.2 Å². The van der Waals surface area contributed by atoms with Crippen molar-refractivity contribution in [3.05, 3.63) is 53.2 Å². The van der Waals surface area contributed by atoms with Crippen molar-refractivity contribution in [2.45, 2.75) is 44.9 Å². The second kappa shape index (κ2) is 10.3. The quantitative estimate of drug-likeness (QED) is 0.342. The monoisotopic (exact) mass is 411 g/mol. The highest BCUT2D eigenvalue weighted by molar-refractivity contribution is 7.80. The van der Waals surface area contributed by atoms with E-state index in [0.717, 1.165) is 62.2 Å². The van der Waals surface area contributed by atoms with Crippen LogP contribution in [0.5, 0.6) is 5.75 Å². The van der Waals surface area contributed by atoms with Gasteiger partial charge in [0.1, 0.15) is 22.8 Å². The molecule has 1 atom stereocenters. The third-order valence-corrected chi connectivity index (χ3v) is 5.62. The van der Waals surface area contributed by atoms with Crippen LogP contribution in [0.15, 0.2) is 36.5 Å². The number of hydrogen-bond donors (Lipinski definition) is 1. The minimum Gasteiger partial charge on any atom is -0.494 e. The molecular formula is C23H29N3O2S. The Morgan fingerprint density at radius 1 is 1.34 bits per heavy atom. The topological polar surface area (TPSA) is 68.5 Å². The lowest BCUT2D eigenvalue weighted by molar-refractivity contribution is -0.108. The summed E-state index contributed by atoms with van der Waals surface area (Å²) in [5.74, 6) is 2.23. The predicted molar refractivity (Wildman–Crippen MR) is 121 cm³/mol. The smallest absolute Gasteiger partial charge is 0.128 e. The zero-order chi connectivity index (χ0) is 20.6. The number of aromatic nitrogens is 1. The molecule has 0 bridgehead atoms. The van der Waals surface area contributed by atoms with Gasteiger partial charge in [-0.1, -0.05) is 25.2 Å². The summed E-state index contributed by atoms with van der Waals surface area (Å²) in [5, 5.41) is 0. The summed E-state index contributed by atoms with van der Waals surface area (Å²) in [6, 6.07) is 10.2. The molecule has 1 aliphatic rings. The molecule has 2 aromatic rings. The zero-order valence-electron chi connectivity index (χ0n) is 17.0. The SMILES string of the molecule is CCCN(CCCOc1ccc2c(c1)CC[C@H]2CC=O)c1ccc(C(N)=S)cn1. The van der Waals surface area contributed by atoms with Gasteiger partial charge in [-0.15, -0.1) is 0 Å². The number of nitrogens with zero attached hydrogens (tertiary/aromatic N) is 2. The van der Waals surface area contributed by atoms with Gasteiger partial charge in [0, 0.05) is 31.3 Å². The van der Waals surface area contributed by atoms with Crippen LogP contribution in [0.25, 0.3) is 0 Å². The van der Waals surface area contributed by atoms with Gasteiger partial charge >= 0.3 is 0 Å². The average Bonchev–Trinajstić information content (AvgIpc) is 3.13. The van der Waals surface area contributed by atoms with Crippen molar-refractivity contribution in [3.8, 4) is 5.75 Å². The largest absolute Gasteiger partial charge is 0.494 e. The maximum absolute atomic E-state index is 10.8. The first-order valence-electron chi connectivity index (χ1n) is 10.3. The average molecular weight is 412 g/mol. The second-order valence-corrected chi connectivity index (χ2v) is 7.90. The molecule has 0 radical (unpaired) electrons. The van der Waals surface area contributed by atoms with Crippen molar-refractivity contribution < 1.29 is 9.53 Å². The first-order chi connectivity index (χ1) is 14.1. The van der Waals surface area contributed by atoms with E-state index in [9.17, 15) is 4.79 Å². The normalized spacial score (nSPS) is 15.0. The molecule has 0 saturated heterocycles. The molecule has 0 spiro atoms. The van der Waals surface area contributed by atoms with E-state index >= 15 is 0 Å². The molecule has 1 aliphatic carbocycles. The van der Waals surface area contributed by atoms with E-state index in [1.165, 1.54) is 11.1 Å². The van der Waals surface area contributed by atoms with Crippen LogP contribution in [-0.4, -0.2) is 36.0 Å². The van der Waals surface area contributed by atoms with Crippen LogP contribution in [0.4, 0.5) is 5.82 Å². The first kappa shape index (κ1) is 21.2. The van der Waals surface area contributed by atoms with Gasteiger partial charge in [0.05, 0.1) is 6.61 Å². The van der Waals surface area contributed by atoms with Gasteiger partial charge in [-0.05, 0) is 67.0 Å². The Morgan fingerprint density at radius 3 is 2.90 bits per heavy atom. The van der Waals surface area contributed by atoms with E-state index in [2.05, 4.69) is 28.9 Å². The fourth-order valence-electron chi connectivity index (χ4n) is 3.91. The van der Waals surface area contributed by atoms with Gasteiger partial charge < -0.3 is 20.2 Å². The van der Waals surface area contributed by atoms with E-state index in [1.807, 2.05) is 18.2 Å². The molecule has 1 aromatic carbocycles. The standard InChI is InChI=1S/C23H29N3O2S/c1-2-11-26(22-9-6-19(16-25-22)23(24)29)12-3-14-28-20-7-8-21-17(10-13-27)4-5-18(21)15-20/h6-9,13,15-17H,2-5,10-12,14H2,1H3,(H2,24,29)/t17-/m0/s1. The van der Waals surface area contributed by atoms with Crippen molar-refractivity contribution in [2.24, 2.45) is 5.73 Å². The summed E-state index contributed by atoms with van der Waals surface area (Å²) in [5.41, 5.74) is 9.08. The van der Waals surface area contributed by atoms with Gasteiger partial charge in [0.2, 0.25) is 0 Å². The summed E-state index contributed by atoms with van der Waals surface area (Å²) in [6.07, 6.45) is 7.42. The molecule has 0 saturated carbocycles. The number of carbonyl (C=O) groups is 1. The third-order valence-electron chi connectivity index (χ3n) is 5.39. The first-order valence-corrected chi connectivity index (χ1v) is 10.7. The Morgan fingerprint density at radius 2 is 2.21 bits per heavy atom. The van der Waals surface area contributed by atoms with Gasteiger partial charge in [-0.3, -0.25) is 0 Å². The molecule has 0 aliphatic heterocycles. The summed E-state index contributed by atoms with van der Waals surface area (Å²) in [7, 11) is 0. The van der Waals surface area contributed by atoms with E-state index < -0.39 is 0 Å². The molecule has 1 aromatic heterocycles. The maximum atomic E-state index is 10.8. The Hall–Kier alpha value is -2.47. The van der Waals surface area contributed by atoms with Crippen LogP contribution in [0.1, 0.15) is 55.2 Å². The minimum atomic E-state index is 0.367. The number of ether oxygens (including phenoxy) is 1. The number of aldehydes is 1. The van der Waals surface area contributed by atoms with E-state index in [-0.39, 0.29) is 0 Å². The molecule has 154 valence electrons. The van der Waals surface area contributed by atoms with E-state index in [4.69, 9.17) is 22.7 Å². The number of carbonyl (C=O) groups excluding carboxylic acids is 1. The number of thiocarbonyl (C=S) groups is 1. The zero-order valence-corrected chi connectivity index (χ0v) is 17.8. The molecule has 5 nitrogen and oxygen atoms in total.